The zero-order valence-corrected chi connectivity index (χ0v) is 31.7. The molecular weight excluding hydrogens is 681 g/mol. The number of carbonyl (C=O) groups is 3. The van der Waals surface area contributed by atoms with Crippen LogP contribution in [0.5, 0.6) is 11.5 Å². The third-order valence-corrected chi connectivity index (χ3v) is 8.95. The second kappa shape index (κ2) is 17.7. The van der Waals surface area contributed by atoms with E-state index in [9.17, 15) is 14.4 Å². The monoisotopic (exact) mass is 728 g/mol. The van der Waals surface area contributed by atoms with Crippen LogP contribution in [-0.2, 0) is 29.6 Å². The van der Waals surface area contributed by atoms with Crippen molar-refractivity contribution in [3.63, 3.8) is 0 Å². The summed E-state index contributed by atoms with van der Waals surface area (Å²) in [6.07, 6.45) is -0.627. The van der Waals surface area contributed by atoms with Gasteiger partial charge in [-0.1, -0.05) is 109 Å². The third kappa shape index (κ3) is 9.35. The molecule has 0 fully saturated rings. The lowest BCUT2D eigenvalue weighted by molar-refractivity contribution is -0.158. The van der Waals surface area contributed by atoms with Gasteiger partial charge in [0.15, 0.2) is 17.1 Å². The summed E-state index contributed by atoms with van der Waals surface area (Å²) in [4.78, 5) is 49.6. The van der Waals surface area contributed by atoms with Gasteiger partial charge in [-0.25, -0.2) is 5.48 Å². The summed E-state index contributed by atoms with van der Waals surface area (Å²) in [7, 11) is 3.17. The number of nitrogens with zero attached hydrogens (tertiary/aromatic N) is 1. The van der Waals surface area contributed by atoms with Crippen LogP contribution in [0.2, 0.25) is 0 Å². The lowest BCUT2D eigenvalue weighted by Gasteiger charge is -2.35. The van der Waals surface area contributed by atoms with E-state index in [4.69, 9.17) is 19.0 Å². The van der Waals surface area contributed by atoms with E-state index in [1.165, 1.54) is 0 Å². The van der Waals surface area contributed by atoms with E-state index in [0.29, 0.717) is 23.7 Å². The number of carbonyl (C=O) groups excluding carboxylic acids is 3. The van der Waals surface area contributed by atoms with Crippen molar-refractivity contribution in [2.24, 2.45) is 5.92 Å². The van der Waals surface area contributed by atoms with Crippen molar-refractivity contribution in [1.29, 1.82) is 0 Å². The van der Waals surface area contributed by atoms with Crippen LogP contribution in [0.3, 0.4) is 0 Å². The van der Waals surface area contributed by atoms with Crippen molar-refractivity contribution in [2.75, 3.05) is 25.7 Å². The molecule has 280 valence electrons. The summed E-state index contributed by atoms with van der Waals surface area (Å²) in [5.41, 5.74) is 5.48. The molecule has 1 atom stereocenters. The van der Waals surface area contributed by atoms with E-state index >= 15 is 0 Å². The van der Waals surface area contributed by atoms with Gasteiger partial charge in [0.25, 0.3) is 0 Å². The molecule has 0 aliphatic heterocycles. The number of hydrogen-bond acceptors (Lipinski definition) is 7. The predicted octanol–water partition coefficient (Wildman–Crippen LogP) is 8.50. The first-order chi connectivity index (χ1) is 26.0. The lowest BCUT2D eigenvalue weighted by Crippen LogP contribution is -2.43. The summed E-state index contributed by atoms with van der Waals surface area (Å²) in [5, 5.41) is 0. The van der Waals surface area contributed by atoms with Gasteiger partial charge in [0.2, 0.25) is 11.8 Å². The molecule has 0 radical (unpaired) electrons. The highest BCUT2D eigenvalue weighted by molar-refractivity contribution is 5.99. The van der Waals surface area contributed by atoms with Gasteiger partial charge in [-0.15, -0.1) is 0 Å². The molecule has 0 aliphatic carbocycles. The minimum atomic E-state index is -1.23. The van der Waals surface area contributed by atoms with Crippen molar-refractivity contribution in [2.45, 2.75) is 51.7 Å². The maximum atomic E-state index is 14.4. The Morgan fingerprint density at radius 1 is 0.648 bits per heavy atom. The van der Waals surface area contributed by atoms with E-state index in [1.54, 1.807) is 39.9 Å². The first-order valence-electron chi connectivity index (χ1n) is 18.0. The number of methoxy groups -OCH3 is 2. The van der Waals surface area contributed by atoms with E-state index in [1.807, 2.05) is 140 Å². The fourth-order valence-electron chi connectivity index (χ4n) is 6.46. The third-order valence-electron chi connectivity index (χ3n) is 8.95. The molecule has 0 saturated heterocycles. The number of anilines is 1. The average molecular weight is 729 g/mol. The van der Waals surface area contributed by atoms with Crippen LogP contribution in [0.1, 0.15) is 57.2 Å². The van der Waals surface area contributed by atoms with E-state index < -0.39 is 34.9 Å². The first-order valence-corrected chi connectivity index (χ1v) is 18.0. The Kier molecular flexibility index (Phi) is 12.9. The summed E-state index contributed by atoms with van der Waals surface area (Å²) >= 11 is 0. The Bertz CT molecular complexity index is 1900. The lowest BCUT2D eigenvalue weighted by atomic mass is 9.80. The minimum absolute atomic E-state index is 0.301. The van der Waals surface area contributed by atoms with Crippen LogP contribution >= 0.6 is 0 Å². The fraction of sp³-hybridized carbons (Fsp3) is 0.267. The second-order valence-corrected chi connectivity index (χ2v) is 13.8. The van der Waals surface area contributed by atoms with Crippen molar-refractivity contribution in [1.82, 2.24) is 5.48 Å². The van der Waals surface area contributed by atoms with E-state index in [0.717, 1.165) is 27.8 Å². The Morgan fingerprint density at radius 3 is 1.61 bits per heavy atom. The Labute approximate surface area is 317 Å². The molecule has 5 rings (SSSR count). The Morgan fingerprint density at radius 2 is 1.15 bits per heavy atom. The molecule has 9 nitrogen and oxygen atoms in total. The van der Waals surface area contributed by atoms with Crippen molar-refractivity contribution in [3.05, 3.63) is 150 Å². The highest BCUT2D eigenvalue weighted by Crippen LogP contribution is 2.40. The number of nitrogens with one attached hydrogen (secondary N) is 1. The topological polar surface area (TPSA) is 103 Å². The number of rotatable bonds is 15. The number of hydrogen-bond donors (Lipinski definition) is 1. The van der Waals surface area contributed by atoms with Gasteiger partial charge in [-0.2, -0.15) is 0 Å². The first kappa shape index (κ1) is 39.3. The van der Waals surface area contributed by atoms with Crippen LogP contribution in [0, 0.1) is 5.92 Å². The van der Waals surface area contributed by atoms with Gasteiger partial charge in [0.05, 0.1) is 26.6 Å². The van der Waals surface area contributed by atoms with Gasteiger partial charge < -0.3 is 19.1 Å². The molecular formula is C45H48N2O7. The molecule has 0 aliphatic rings. The maximum absolute atomic E-state index is 14.4. The normalized spacial score (nSPS) is 12.0. The molecule has 1 N–H and O–H groups in total. The molecule has 5 aromatic carbocycles. The minimum Gasteiger partial charge on any atom is -0.493 e. The van der Waals surface area contributed by atoms with Gasteiger partial charge >= 0.3 is 5.97 Å². The summed E-state index contributed by atoms with van der Waals surface area (Å²) < 4.78 is 16.5. The van der Waals surface area contributed by atoms with E-state index in [2.05, 4.69) is 5.48 Å². The van der Waals surface area contributed by atoms with Crippen molar-refractivity contribution in [3.8, 4) is 22.6 Å². The molecule has 9 heteroatoms. The second-order valence-electron chi connectivity index (χ2n) is 13.8. The molecule has 0 heterocycles. The molecule has 0 spiro atoms. The largest absolute Gasteiger partial charge is 0.493 e. The Hall–Kier alpha value is -5.93. The van der Waals surface area contributed by atoms with Crippen LogP contribution in [0.15, 0.2) is 133 Å². The smallest absolute Gasteiger partial charge is 0.307 e. The van der Waals surface area contributed by atoms with Crippen LogP contribution in [-0.4, -0.2) is 44.1 Å². The summed E-state index contributed by atoms with van der Waals surface area (Å²) in [6.45, 7) is 7.43. The van der Waals surface area contributed by atoms with E-state index in [-0.39, 0.29) is 12.8 Å². The standard InChI is InChI=1S/C45H48N2O7/c1-7-47(38-26-23-32(24-27-38)33-25-28-39(51-5)40(29-33)52-6)43(50)34(31-42(49)53-44(2,3)4)30-41(48)46-54-45(35-17-11-8-12-18-35,36-19-13-9-14-20-36)37-21-15-10-16-22-37/h8-29,34H,7,30-31H2,1-6H3,(H,46,48). The summed E-state index contributed by atoms with van der Waals surface area (Å²) in [5.74, 6) is -1.36. The summed E-state index contributed by atoms with van der Waals surface area (Å²) in [6, 6.07) is 42.0. The highest BCUT2D eigenvalue weighted by Gasteiger charge is 2.40. The average Bonchev–Trinajstić information content (AvgIpc) is 3.18. The molecule has 5 aromatic rings. The zero-order valence-electron chi connectivity index (χ0n) is 31.7. The number of ether oxygens (including phenoxy) is 3. The van der Waals surface area contributed by atoms with Crippen molar-refractivity contribution >= 4 is 23.5 Å². The van der Waals surface area contributed by atoms with Crippen LogP contribution in [0.25, 0.3) is 11.1 Å². The number of benzene rings is 5. The van der Waals surface area contributed by atoms with Crippen LogP contribution < -0.4 is 19.9 Å². The molecule has 54 heavy (non-hydrogen) atoms. The molecule has 2 amide bonds. The predicted molar refractivity (Wildman–Crippen MR) is 210 cm³/mol. The fourth-order valence-corrected chi connectivity index (χ4v) is 6.46. The quantitative estimate of drug-likeness (QED) is 0.0655. The molecule has 0 saturated carbocycles. The van der Waals surface area contributed by atoms with Gasteiger partial charge in [-0.3, -0.25) is 19.2 Å². The maximum Gasteiger partial charge on any atom is 0.307 e. The SMILES string of the molecule is CCN(C(=O)C(CC(=O)NOC(c1ccccc1)(c1ccccc1)c1ccccc1)CC(=O)OC(C)(C)C)c1ccc(-c2ccc(OC)c(OC)c2)cc1. The number of hydroxylamine groups is 1. The highest BCUT2D eigenvalue weighted by atomic mass is 16.7. The Balaban J connectivity index is 1.43. The number of esters is 1. The van der Waals surface area contributed by atoms with Gasteiger partial charge in [0, 0.05) is 18.7 Å². The van der Waals surface area contributed by atoms with Gasteiger partial charge in [-0.05, 0) is 79.8 Å². The molecule has 1 unspecified atom stereocenters. The van der Waals surface area contributed by atoms with Crippen molar-refractivity contribution < 1.29 is 33.4 Å². The number of amides is 2. The zero-order chi connectivity index (χ0) is 38.7. The molecule has 0 aromatic heterocycles. The molecule has 0 bridgehead atoms. The van der Waals surface area contributed by atoms with Gasteiger partial charge in [0.1, 0.15) is 5.60 Å². The van der Waals surface area contributed by atoms with Crippen LogP contribution in [0.4, 0.5) is 5.69 Å².